The van der Waals surface area contributed by atoms with Crippen LogP contribution >= 0.6 is 0 Å². The lowest BCUT2D eigenvalue weighted by atomic mass is 9.69. The smallest absolute Gasteiger partial charge is 0.109 e. The first kappa shape index (κ1) is 8.98. The second-order valence-corrected chi connectivity index (χ2v) is 4.26. The number of nitrogens with zero attached hydrogens (tertiary/aromatic N) is 2. The van der Waals surface area contributed by atoms with Crippen LogP contribution in [0, 0.1) is 17.2 Å². The molecular formula is C10H16N2O. The van der Waals surface area contributed by atoms with Crippen molar-refractivity contribution < 1.29 is 4.74 Å². The Morgan fingerprint density at radius 2 is 2.00 bits per heavy atom. The molecule has 2 fully saturated rings. The Bertz CT molecular complexity index is 222. The van der Waals surface area contributed by atoms with Crippen LogP contribution in [-0.4, -0.2) is 36.7 Å². The van der Waals surface area contributed by atoms with Gasteiger partial charge in [-0.25, -0.2) is 0 Å². The zero-order valence-corrected chi connectivity index (χ0v) is 8.12. The van der Waals surface area contributed by atoms with Crippen LogP contribution < -0.4 is 0 Å². The molecule has 1 saturated heterocycles. The molecule has 13 heavy (non-hydrogen) atoms. The molecule has 0 aromatic rings. The van der Waals surface area contributed by atoms with Crippen LogP contribution in [0.2, 0.25) is 0 Å². The zero-order valence-electron chi connectivity index (χ0n) is 8.12. The van der Waals surface area contributed by atoms with Crippen molar-refractivity contribution >= 4 is 0 Å². The van der Waals surface area contributed by atoms with Crippen LogP contribution in [0.3, 0.4) is 0 Å². The maximum Gasteiger partial charge on any atom is 0.109 e. The van der Waals surface area contributed by atoms with Gasteiger partial charge in [-0.05, 0) is 18.8 Å². The molecule has 0 atom stereocenters. The summed E-state index contributed by atoms with van der Waals surface area (Å²) in [5.41, 5.74) is -0.136. The Morgan fingerprint density at radius 1 is 1.38 bits per heavy atom. The van der Waals surface area contributed by atoms with E-state index in [1.165, 1.54) is 0 Å². The predicted molar refractivity (Wildman–Crippen MR) is 49.1 cm³/mol. The molecule has 0 radical (unpaired) electrons. The molecule has 1 heterocycles. The van der Waals surface area contributed by atoms with Gasteiger partial charge >= 0.3 is 0 Å². The van der Waals surface area contributed by atoms with Gasteiger partial charge in [0.2, 0.25) is 0 Å². The average Bonchev–Trinajstić information content (AvgIpc) is 2.14. The van der Waals surface area contributed by atoms with Crippen molar-refractivity contribution in [2.24, 2.45) is 5.92 Å². The van der Waals surface area contributed by atoms with E-state index in [2.05, 4.69) is 17.9 Å². The van der Waals surface area contributed by atoms with Crippen LogP contribution in [0.25, 0.3) is 0 Å². The average molecular weight is 180 g/mol. The molecule has 0 N–H and O–H groups in total. The van der Waals surface area contributed by atoms with Crippen molar-refractivity contribution in [2.45, 2.75) is 25.3 Å². The quantitative estimate of drug-likeness (QED) is 0.604. The summed E-state index contributed by atoms with van der Waals surface area (Å²) >= 11 is 0. The number of rotatable bonds is 1. The summed E-state index contributed by atoms with van der Waals surface area (Å²) in [7, 11) is 0. The Balaban J connectivity index is 2.01. The maximum atomic E-state index is 9.17. The summed E-state index contributed by atoms with van der Waals surface area (Å²) in [6.45, 7) is 5.66. The summed E-state index contributed by atoms with van der Waals surface area (Å²) < 4.78 is 5.28. The minimum absolute atomic E-state index is 0.136. The molecule has 1 aliphatic carbocycles. The third-order valence-electron chi connectivity index (χ3n) is 3.20. The summed E-state index contributed by atoms with van der Waals surface area (Å²) in [4.78, 5) is 2.30. The zero-order chi connectivity index (χ0) is 9.31. The molecule has 0 spiro atoms. The monoisotopic (exact) mass is 180 g/mol. The highest BCUT2D eigenvalue weighted by Crippen LogP contribution is 2.41. The Hall–Kier alpha value is -0.590. The van der Waals surface area contributed by atoms with Gasteiger partial charge in [0.1, 0.15) is 5.54 Å². The first-order valence-electron chi connectivity index (χ1n) is 5.01. The largest absolute Gasteiger partial charge is 0.379 e. The van der Waals surface area contributed by atoms with E-state index in [4.69, 9.17) is 4.74 Å². The standard InChI is InChI=1S/C10H16N2O/c1-9-6-10(7-9,8-11)12-2-4-13-5-3-12/h9H,2-7H2,1H3. The van der Waals surface area contributed by atoms with Gasteiger partial charge in [-0.15, -0.1) is 0 Å². The minimum atomic E-state index is -0.136. The SMILES string of the molecule is CC1CC(C#N)(N2CCOCC2)C1. The van der Waals surface area contributed by atoms with E-state index < -0.39 is 0 Å². The molecular weight excluding hydrogens is 164 g/mol. The van der Waals surface area contributed by atoms with Crippen LogP contribution in [0.1, 0.15) is 19.8 Å². The highest BCUT2D eigenvalue weighted by atomic mass is 16.5. The van der Waals surface area contributed by atoms with Crippen molar-refractivity contribution in [1.82, 2.24) is 4.90 Å². The number of hydrogen-bond acceptors (Lipinski definition) is 3. The van der Waals surface area contributed by atoms with Crippen molar-refractivity contribution in [2.75, 3.05) is 26.3 Å². The number of ether oxygens (including phenoxy) is 1. The second-order valence-electron chi connectivity index (χ2n) is 4.26. The Kier molecular flexibility index (Phi) is 2.27. The fraction of sp³-hybridized carbons (Fsp3) is 0.900. The molecule has 0 unspecified atom stereocenters. The van der Waals surface area contributed by atoms with Gasteiger partial charge < -0.3 is 4.74 Å². The first-order chi connectivity index (χ1) is 6.27. The predicted octanol–water partition coefficient (Wildman–Crippen LogP) is 1.01. The first-order valence-corrected chi connectivity index (χ1v) is 5.01. The molecule has 0 aromatic carbocycles. The van der Waals surface area contributed by atoms with Gasteiger partial charge in [-0.2, -0.15) is 5.26 Å². The van der Waals surface area contributed by atoms with Gasteiger partial charge in [0.15, 0.2) is 0 Å². The number of morpholine rings is 1. The van der Waals surface area contributed by atoms with E-state index in [0.29, 0.717) is 0 Å². The van der Waals surface area contributed by atoms with Crippen LogP contribution in [0.4, 0.5) is 0 Å². The van der Waals surface area contributed by atoms with Crippen LogP contribution in [0.15, 0.2) is 0 Å². The minimum Gasteiger partial charge on any atom is -0.379 e. The van der Waals surface area contributed by atoms with Crippen LogP contribution in [-0.2, 0) is 4.74 Å². The van der Waals surface area contributed by atoms with Gasteiger partial charge in [0.05, 0.1) is 19.3 Å². The van der Waals surface area contributed by atoms with Gasteiger partial charge in [-0.1, -0.05) is 6.92 Å². The summed E-state index contributed by atoms with van der Waals surface area (Å²) in [6, 6.07) is 2.49. The van der Waals surface area contributed by atoms with Crippen molar-refractivity contribution in [3.05, 3.63) is 0 Å². The normalized spacial score (nSPS) is 40.8. The third kappa shape index (κ3) is 1.45. The molecule has 72 valence electrons. The Labute approximate surface area is 79.3 Å². The lowest BCUT2D eigenvalue weighted by Gasteiger charge is -2.49. The Morgan fingerprint density at radius 3 is 2.46 bits per heavy atom. The van der Waals surface area contributed by atoms with E-state index in [-0.39, 0.29) is 5.54 Å². The fourth-order valence-corrected chi connectivity index (χ4v) is 2.50. The molecule has 2 rings (SSSR count). The van der Waals surface area contributed by atoms with E-state index in [1.54, 1.807) is 0 Å². The molecule has 3 heteroatoms. The molecule has 0 amide bonds. The summed E-state index contributed by atoms with van der Waals surface area (Å²) in [6.07, 6.45) is 2.09. The summed E-state index contributed by atoms with van der Waals surface area (Å²) in [5, 5.41) is 9.17. The number of hydrogen-bond donors (Lipinski definition) is 0. The van der Waals surface area contributed by atoms with E-state index >= 15 is 0 Å². The molecule has 0 aromatic heterocycles. The van der Waals surface area contributed by atoms with Gasteiger partial charge in [0, 0.05) is 13.1 Å². The summed E-state index contributed by atoms with van der Waals surface area (Å²) in [5.74, 6) is 0.725. The number of nitriles is 1. The van der Waals surface area contributed by atoms with Crippen molar-refractivity contribution in [3.8, 4) is 6.07 Å². The van der Waals surface area contributed by atoms with E-state index in [1.807, 2.05) is 0 Å². The van der Waals surface area contributed by atoms with Crippen LogP contribution in [0.5, 0.6) is 0 Å². The lowest BCUT2D eigenvalue weighted by Crippen LogP contribution is -2.59. The topological polar surface area (TPSA) is 36.3 Å². The highest BCUT2D eigenvalue weighted by molar-refractivity contribution is 5.16. The molecule has 0 bridgehead atoms. The highest BCUT2D eigenvalue weighted by Gasteiger charge is 2.47. The third-order valence-corrected chi connectivity index (χ3v) is 3.20. The van der Waals surface area contributed by atoms with E-state index in [0.717, 1.165) is 45.1 Å². The van der Waals surface area contributed by atoms with E-state index in [9.17, 15) is 5.26 Å². The van der Waals surface area contributed by atoms with Crippen molar-refractivity contribution in [3.63, 3.8) is 0 Å². The van der Waals surface area contributed by atoms with Gasteiger partial charge in [-0.3, -0.25) is 4.90 Å². The molecule has 1 saturated carbocycles. The lowest BCUT2D eigenvalue weighted by molar-refractivity contribution is -0.0463. The van der Waals surface area contributed by atoms with Gasteiger partial charge in [0.25, 0.3) is 0 Å². The molecule has 1 aliphatic heterocycles. The fourth-order valence-electron chi connectivity index (χ4n) is 2.50. The second kappa shape index (κ2) is 3.28. The van der Waals surface area contributed by atoms with Crippen molar-refractivity contribution in [1.29, 1.82) is 5.26 Å². The molecule has 2 aliphatic rings. The molecule has 3 nitrogen and oxygen atoms in total. The maximum absolute atomic E-state index is 9.17.